The molecular weight excluding hydrogens is 440 g/mol. The number of hydrogen-bond acceptors (Lipinski definition) is 6. The fourth-order valence-corrected chi connectivity index (χ4v) is 5.13. The Morgan fingerprint density at radius 1 is 0.824 bits per heavy atom. The lowest BCUT2D eigenvalue weighted by molar-refractivity contribution is 0.724. The number of fused-ring (bicyclic) bond motifs is 1. The first-order valence-corrected chi connectivity index (χ1v) is 12.1. The smallest absolute Gasteiger partial charge is 0.227 e. The third kappa shape index (κ3) is 3.91. The zero-order valence-electron chi connectivity index (χ0n) is 18.3. The monoisotopic (exact) mass is 462 g/mol. The molecule has 0 aliphatic carbocycles. The summed E-state index contributed by atoms with van der Waals surface area (Å²) >= 11 is 1.76. The number of benzene rings is 3. The number of nitrogens with one attached hydrogen (secondary N) is 1. The number of thioether (sulfide) groups is 1. The predicted octanol–water partition coefficient (Wildman–Crippen LogP) is 6.11. The van der Waals surface area contributed by atoms with E-state index in [1.54, 1.807) is 18.0 Å². The first-order valence-electron chi connectivity index (χ1n) is 11.1. The van der Waals surface area contributed by atoms with Crippen LogP contribution in [-0.2, 0) is 6.54 Å². The molecule has 3 aromatic carbocycles. The van der Waals surface area contributed by atoms with E-state index in [-0.39, 0.29) is 0 Å². The lowest BCUT2D eigenvalue weighted by atomic mass is 10.1. The van der Waals surface area contributed by atoms with Crippen molar-refractivity contribution in [3.63, 3.8) is 0 Å². The number of imidazole rings is 1. The summed E-state index contributed by atoms with van der Waals surface area (Å²) in [7, 11) is 0. The Hall–Kier alpha value is -4.10. The molecule has 2 aromatic heterocycles. The highest BCUT2D eigenvalue weighted by atomic mass is 32.2. The van der Waals surface area contributed by atoms with Gasteiger partial charge in [0.1, 0.15) is 0 Å². The van der Waals surface area contributed by atoms with E-state index < -0.39 is 0 Å². The van der Waals surface area contributed by atoms with Gasteiger partial charge in [0.15, 0.2) is 5.16 Å². The summed E-state index contributed by atoms with van der Waals surface area (Å²) < 4.78 is 2.24. The highest BCUT2D eigenvalue weighted by molar-refractivity contribution is 7.99. The molecule has 0 radical (unpaired) electrons. The van der Waals surface area contributed by atoms with E-state index in [4.69, 9.17) is 15.7 Å². The summed E-state index contributed by atoms with van der Waals surface area (Å²) in [6, 6.07) is 28.4. The molecule has 6 rings (SSSR count). The molecule has 0 atom stereocenters. The number of nitrogens with two attached hydrogens (primary N) is 1. The SMILES string of the molecule is Nc1cccc(-c2nc3n(c2-c2ccnc(Nc4ccc(-c5ccccc5)cc4)n2)CCS3)c1. The molecule has 5 aromatic rings. The Balaban J connectivity index is 1.33. The highest BCUT2D eigenvalue weighted by Crippen LogP contribution is 2.39. The third-order valence-corrected chi connectivity index (χ3v) is 6.74. The number of rotatable bonds is 5. The van der Waals surface area contributed by atoms with Gasteiger partial charge in [-0.2, -0.15) is 0 Å². The van der Waals surface area contributed by atoms with Crippen LogP contribution in [0.4, 0.5) is 17.3 Å². The Labute approximate surface area is 201 Å². The second-order valence-electron chi connectivity index (χ2n) is 8.05. The molecule has 0 fully saturated rings. The molecule has 3 heterocycles. The summed E-state index contributed by atoms with van der Waals surface area (Å²) in [5.74, 6) is 1.56. The van der Waals surface area contributed by atoms with Gasteiger partial charge in [0.2, 0.25) is 5.95 Å². The molecule has 3 N–H and O–H groups in total. The number of aromatic nitrogens is 4. The minimum absolute atomic E-state index is 0.546. The fraction of sp³-hybridized carbons (Fsp3) is 0.0741. The molecule has 0 spiro atoms. The first kappa shape index (κ1) is 20.5. The van der Waals surface area contributed by atoms with Crippen molar-refractivity contribution in [3.8, 4) is 33.8 Å². The van der Waals surface area contributed by atoms with Gasteiger partial charge >= 0.3 is 0 Å². The van der Waals surface area contributed by atoms with Crippen molar-refractivity contribution in [1.29, 1.82) is 0 Å². The van der Waals surface area contributed by atoms with E-state index in [0.717, 1.165) is 45.8 Å². The van der Waals surface area contributed by atoms with Gasteiger partial charge in [-0.25, -0.2) is 15.0 Å². The van der Waals surface area contributed by atoms with Gasteiger partial charge in [-0.05, 0) is 41.5 Å². The maximum absolute atomic E-state index is 6.06. The van der Waals surface area contributed by atoms with Gasteiger partial charge < -0.3 is 15.6 Å². The Bertz CT molecular complexity index is 1460. The van der Waals surface area contributed by atoms with Gasteiger partial charge in [-0.15, -0.1) is 0 Å². The molecule has 34 heavy (non-hydrogen) atoms. The van der Waals surface area contributed by atoms with Gasteiger partial charge in [0.05, 0.1) is 17.1 Å². The van der Waals surface area contributed by atoms with Gasteiger partial charge in [0, 0.05) is 35.4 Å². The Kier molecular flexibility index (Phi) is 5.24. The van der Waals surface area contributed by atoms with Crippen molar-refractivity contribution in [3.05, 3.63) is 91.1 Å². The summed E-state index contributed by atoms with van der Waals surface area (Å²) in [4.78, 5) is 14.2. The molecular formula is C27H22N6S. The Morgan fingerprint density at radius 2 is 1.62 bits per heavy atom. The second-order valence-corrected chi connectivity index (χ2v) is 9.11. The molecule has 0 bridgehead atoms. The average Bonchev–Trinajstić information content (AvgIpc) is 3.47. The molecule has 0 saturated heterocycles. The van der Waals surface area contributed by atoms with Crippen LogP contribution in [0.1, 0.15) is 0 Å². The number of anilines is 3. The lowest BCUT2D eigenvalue weighted by Gasteiger charge is -2.10. The van der Waals surface area contributed by atoms with Crippen LogP contribution in [0, 0.1) is 0 Å². The first-order chi connectivity index (χ1) is 16.7. The minimum Gasteiger partial charge on any atom is -0.399 e. The molecule has 0 unspecified atom stereocenters. The summed E-state index contributed by atoms with van der Waals surface area (Å²) in [6.45, 7) is 0.901. The quantitative estimate of drug-likeness (QED) is 0.307. The zero-order chi connectivity index (χ0) is 22.9. The van der Waals surface area contributed by atoms with Gasteiger partial charge in [-0.3, -0.25) is 0 Å². The third-order valence-electron chi connectivity index (χ3n) is 5.79. The maximum atomic E-state index is 6.06. The number of nitrogen functional groups attached to an aromatic ring is 1. The largest absolute Gasteiger partial charge is 0.399 e. The van der Waals surface area contributed by atoms with Crippen LogP contribution in [0.15, 0.2) is 96.3 Å². The van der Waals surface area contributed by atoms with Crippen LogP contribution in [0.5, 0.6) is 0 Å². The summed E-state index contributed by atoms with van der Waals surface area (Å²) in [5.41, 5.74) is 13.8. The standard InChI is InChI=1S/C27H22N6S/c28-21-8-4-7-20(17-21)24-25(33-15-16-34-27(33)32-24)23-13-14-29-26(31-23)30-22-11-9-19(10-12-22)18-5-2-1-3-6-18/h1-14,17H,15-16,28H2,(H,29,30,31). The summed E-state index contributed by atoms with van der Waals surface area (Å²) in [6.07, 6.45) is 1.79. The van der Waals surface area contributed by atoms with Crippen LogP contribution in [0.2, 0.25) is 0 Å². The molecule has 6 nitrogen and oxygen atoms in total. The molecule has 1 aliphatic heterocycles. The highest BCUT2D eigenvalue weighted by Gasteiger charge is 2.25. The predicted molar refractivity (Wildman–Crippen MR) is 139 cm³/mol. The van der Waals surface area contributed by atoms with Crippen molar-refractivity contribution in [2.45, 2.75) is 11.7 Å². The normalized spacial score (nSPS) is 12.5. The van der Waals surface area contributed by atoms with Crippen LogP contribution >= 0.6 is 11.8 Å². The number of nitrogens with zero attached hydrogens (tertiary/aromatic N) is 4. The van der Waals surface area contributed by atoms with Crippen LogP contribution in [0.3, 0.4) is 0 Å². The van der Waals surface area contributed by atoms with Crippen molar-refractivity contribution in [2.75, 3.05) is 16.8 Å². The van der Waals surface area contributed by atoms with E-state index in [2.05, 4.69) is 39.1 Å². The number of hydrogen-bond donors (Lipinski definition) is 2. The van der Waals surface area contributed by atoms with Crippen LogP contribution < -0.4 is 11.1 Å². The van der Waals surface area contributed by atoms with E-state index in [1.165, 1.54) is 11.1 Å². The molecule has 0 saturated carbocycles. The van der Waals surface area contributed by atoms with Gasteiger partial charge in [0.25, 0.3) is 0 Å². The average molecular weight is 463 g/mol. The van der Waals surface area contributed by atoms with E-state index in [1.807, 2.05) is 60.7 Å². The van der Waals surface area contributed by atoms with Crippen molar-refractivity contribution in [2.24, 2.45) is 0 Å². The zero-order valence-corrected chi connectivity index (χ0v) is 19.2. The van der Waals surface area contributed by atoms with Crippen molar-refractivity contribution >= 4 is 29.1 Å². The van der Waals surface area contributed by atoms with Crippen molar-refractivity contribution in [1.82, 2.24) is 19.5 Å². The van der Waals surface area contributed by atoms with Crippen molar-refractivity contribution < 1.29 is 0 Å². The minimum atomic E-state index is 0.546. The molecule has 166 valence electrons. The fourth-order valence-electron chi connectivity index (χ4n) is 4.18. The molecule has 7 heteroatoms. The van der Waals surface area contributed by atoms with Crippen LogP contribution in [-0.4, -0.2) is 25.3 Å². The van der Waals surface area contributed by atoms with Gasteiger partial charge in [-0.1, -0.05) is 66.4 Å². The molecule has 0 amide bonds. The van der Waals surface area contributed by atoms with E-state index in [0.29, 0.717) is 11.6 Å². The lowest BCUT2D eigenvalue weighted by Crippen LogP contribution is -2.02. The molecule has 1 aliphatic rings. The van der Waals surface area contributed by atoms with E-state index in [9.17, 15) is 0 Å². The maximum Gasteiger partial charge on any atom is 0.227 e. The van der Waals surface area contributed by atoms with E-state index >= 15 is 0 Å². The topological polar surface area (TPSA) is 81.6 Å². The Morgan fingerprint density at radius 3 is 2.44 bits per heavy atom. The van der Waals surface area contributed by atoms with Crippen LogP contribution in [0.25, 0.3) is 33.8 Å². The second kappa shape index (κ2) is 8.68. The summed E-state index contributed by atoms with van der Waals surface area (Å²) in [5, 5.41) is 4.36.